The van der Waals surface area contributed by atoms with Gasteiger partial charge in [0, 0.05) is 11.8 Å². The third-order valence-electron chi connectivity index (χ3n) is 2.31. The predicted molar refractivity (Wildman–Crippen MR) is 55.2 cm³/mol. The number of aromatic amines is 1. The molecule has 0 aromatic carbocycles. The smallest absolute Gasteiger partial charge is 0.310 e. The van der Waals surface area contributed by atoms with E-state index in [4.69, 9.17) is 5.73 Å². The second-order valence-electron chi connectivity index (χ2n) is 3.79. The van der Waals surface area contributed by atoms with E-state index in [1.165, 1.54) is 6.07 Å². The number of aromatic nitrogens is 2. The van der Waals surface area contributed by atoms with E-state index in [1.807, 2.05) is 12.2 Å². The van der Waals surface area contributed by atoms with E-state index in [0.717, 1.165) is 0 Å². The van der Waals surface area contributed by atoms with E-state index in [0.29, 0.717) is 19.0 Å². The summed E-state index contributed by atoms with van der Waals surface area (Å²) in [5.41, 5.74) is 2.70. The van der Waals surface area contributed by atoms with Crippen LogP contribution in [0.4, 0.5) is 19.0 Å². The highest BCUT2D eigenvalue weighted by Crippen LogP contribution is 2.28. The predicted octanol–water partition coefficient (Wildman–Crippen LogP) is 1.19. The highest BCUT2D eigenvalue weighted by Gasteiger charge is 2.54. The molecule has 0 aliphatic carbocycles. The summed E-state index contributed by atoms with van der Waals surface area (Å²) in [5, 5.41) is 8.22. The Labute approximate surface area is 95.6 Å². The number of alkyl halides is 3. The number of hydrogen-bond acceptors (Lipinski definition) is 3. The Morgan fingerprint density at radius 2 is 2.18 bits per heavy atom. The summed E-state index contributed by atoms with van der Waals surface area (Å²) in [6.45, 7) is 2.44. The number of halogens is 3. The lowest BCUT2D eigenvalue weighted by Crippen LogP contribution is -2.59. The third kappa shape index (κ3) is 2.76. The fraction of sp³-hybridized carbons (Fsp3) is 0.556. The Balaban J connectivity index is 2.79. The van der Waals surface area contributed by atoms with E-state index >= 15 is 0 Å². The van der Waals surface area contributed by atoms with Crippen LogP contribution in [0.2, 0.25) is 0 Å². The number of hydrogen-bond donors (Lipinski definition) is 3. The van der Waals surface area contributed by atoms with Gasteiger partial charge in [-0.05, 0) is 13.3 Å². The van der Waals surface area contributed by atoms with Crippen molar-refractivity contribution in [2.24, 2.45) is 5.73 Å². The van der Waals surface area contributed by atoms with Gasteiger partial charge in [0.1, 0.15) is 0 Å². The summed E-state index contributed by atoms with van der Waals surface area (Å²) >= 11 is 0. The molecule has 0 aliphatic rings. The van der Waals surface area contributed by atoms with Crippen molar-refractivity contribution in [3.05, 3.63) is 11.8 Å². The molecular weight excluding hydrogens is 237 g/mol. The van der Waals surface area contributed by atoms with E-state index in [2.05, 4.69) is 10.2 Å². The van der Waals surface area contributed by atoms with Crippen LogP contribution in [-0.4, -0.2) is 27.8 Å². The number of amides is 1. The summed E-state index contributed by atoms with van der Waals surface area (Å²) in [4.78, 5) is 11.4. The van der Waals surface area contributed by atoms with Crippen LogP contribution in [0.15, 0.2) is 6.07 Å². The minimum Gasteiger partial charge on any atom is -0.310 e. The summed E-state index contributed by atoms with van der Waals surface area (Å²) in [6, 6.07) is 1.45. The van der Waals surface area contributed by atoms with E-state index in [-0.39, 0.29) is 5.82 Å². The van der Waals surface area contributed by atoms with Gasteiger partial charge < -0.3 is 11.1 Å². The van der Waals surface area contributed by atoms with Gasteiger partial charge in [-0.2, -0.15) is 18.3 Å². The number of carbonyl (C=O) groups is 1. The first kappa shape index (κ1) is 13.5. The second kappa shape index (κ2) is 4.36. The Hall–Kier alpha value is -1.57. The van der Waals surface area contributed by atoms with Crippen LogP contribution in [0.25, 0.3) is 0 Å². The van der Waals surface area contributed by atoms with Crippen LogP contribution in [-0.2, 0) is 11.2 Å². The summed E-state index contributed by atoms with van der Waals surface area (Å²) < 4.78 is 37.3. The number of carbonyl (C=O) groups excluding carboxylic acids is 1. The molecule has 1 aromatic heterocycles. The Morgan fingerprint density at radius 3 is 2.59 bits per heavy atom. The molecule has 17 heavy (non-hydrogen) atoms. The lowest BCUT2D eigenvalue weighted by molar-refractivity contribution is -0.184. The van der Waals surface area contributed by atoms with Crippen LogP contribution in [0.1, 0.15) is 19.5 Å². The fourth-order valence-electron chi connectivity index (χ4n) is 0.982. The maximum atomic E-state index is 12.4. The second-order valence-corrected chi connectivity index (χ2v) is 3.79. The van der Waals surface area contributed by atoms with Crippen molar-refractivity contribution >= 4 is 11.7 Å². The molecule has 0 radical (unpaired) electrons. The van der Waals surface area contributed by atoms with E-state index < -0.39 is 17.6 Å². The largest absolute Gasteiger partial charge is 0.415 e. The molecule has 1 amide bonds. The van der Waals surface area contributed by atoms with Crippen LogP contribution >= 0.6 is 0 Å². The topological polar surface area (TPSA) is 83.8 Å². The number of rotatable bonds is 3. The monoisotopic (exact) mass is 250 g/mol. The van der Waals surface area contributed by atoms with Gasteiger partial charge in [0.25, 0.3) is 5.91 Å². The maximum absolute atomic E-state index is 12.4. The molecule has 4 N–H and O–H groups in total. The Kier molecular flexibility index (Phi) is 3.46. The highest BCUT2D eigenvalue weighted by atomic mass is 19.4. The first-order valence-corrected chi connectivity index (χ1v) is 4.89. The number of anilines is 1. The van der Waals surface area contributed by atoms with Crippen molar-refractivity contribution in [1.82, 2.24) is 10.2 Å². The molecular formula is C9H13F3N4O. The average Bonchev–Trinajstić information content (AvgIpc) is 2.63. The van der Waals surface area contributed by atoms with Crippen LogP contribution in [0.5, 0.6) is 0 Å². The lowest BCUT2D eigenvalue weighted by Gasteiger charge is -2.25. The zero-order valence-corrected chi connectivity index (χ0v) is 9.35. The zero-order valence-electron chi connectivity index (χ0n) is 9.35. The van der Waals surface area contributed by atoms with E-state index in [1.54, 1.807) is 0 Å². The van der Waals surface area contributed by atoms with Crippen molar-refractivity contribution in [3.63, 3.8) is 0 Å². The third-order valence-corrected chi connectivity index (χ3v) is 2.31. The molecule has 1 heterocycles. The van der Waals surface area contributed by atoms with Crippen molar-refractivity contribution in [1.29, 1.82) is 0 Å². The van der Waals surface area contributed by atoms with Crippen LogP contribution in [0, 0.1) is 0 Å². The molecule has 1 atom stereocenters. The molecule has 8 heteroatoms. The minimum absolute atomic E-state index is 0.0211. The maximum Gasteiger partial charge on any atom is 0.415 e. The molecule has 0 spiro atoms. The van der Waals surface area contributed by atoms with Gasteiger partial charge in [0.15, 0.2) is 11.4 Å². The molecule has 1 rings (SSSR count). The van der Waals surface area contributed by atoms with Crippen molar-refractivity contribution in [2.45, 2.75) is 32.0 Å². The minimum atomic E-state index is -4.82. The van der Waals surface area contributed by atoms with Gasteiger partial charge in [-0.25, -0.2) is 0 Å². The first-order chi connectivity index (χ1) is 7.68. The number of nitrogens with one attached hydrogen (secondary N) is 2. The normalized spacial score (nSPS) is 15.4. The van der Waals surface area contributed by atoms with E-state index in [9.17, 15) is 18.0 Å². The highest BCUT2D eigenvalue weighted by molar-refractivity contribution is 5.97. The van der Waals surface area contributed by atoms with Crippen molar-refractivity contribution < 1.29 is 18.0 Å². The standard InChI is InChI=1S/C9H13F3N4O/c1-3-5-4-6(16-15-5)14-7(17)8(2,13)9(10,11)12/h4H,3,13H2,1-2H3,(H2,14,15,16,17). The van der Waals surface area contributed by atoms with Crippen LogP contribution in [0.3, 0.4) is 0 Å². The van der Waals surface area contributed by atoms with Gasteiger partial charge in [-0.3, -0.25) is 9.89 Å². The average molecular weight is 250 g/mol. The molecule has 1 unspecified atom stereocenters. The quantitative estimate of drug-likeness (QED) is 0.753. The SMILES string of the molecule is CCc1cc(NC(=O)C(C)(N)C(F)(F)F)n[nH]1. The molecule has 0 aliphatic heterocycles. The number of H-pyrrole nitrogens is 1. The molecule has 0 saturated heterocycles. The zero-order chi connectivity index (χ0) is 13.3. The van der Waals surface area contributed by atoms with Gasteiger partial charge in [-0.1, -0.05) is 6.92 Å². The molecule has 0 saturated carbocycles. The molecule has 5 nitrogen and oxygen atoms in total. The van der Waals surface area contributed by atoms with Crippen molar-refractivity contribution in [3.8, 4) is 0 Å². The van der Waals surface area contributed by atoms with Gasteiger partial charge >= 0.3 is 6.18 Å². The fourth-order valence-corrected chi connectivity index (χ4v) is 0.982. The van der Waals surface area contributed by atoms with Crippen LogP contribution < -0.4 is 11.1 Å². The number of aryl methyl sites for hydroxylation is 1. The number of nitrogens with zero attached hydrogens (tertiary/aromatic N) is 1. The molecule has 96 valence electrons. The van der Waals surface area contributed by atoms with Crippen molar-refractivity contribution in [2.75, 3.05) is 5.32 Å². The van der Waals surface area contributed by atoms with Gasteiger partial charge in [-0.15, -0.1) is 0 Å². The van der Waals surface area contributed by atoms with Gasteiger partial charge in [0.05, 0.1) is 0 Å². The molecule has 1 aromatic rings. The Morgan fingerprint density at radius 1 is 1.59 bits per heavy atom. The number of nitrogens with two attached hydrogens (primary N) is 1. The molecule has 0 bridgehead atoms. The summed E-state index contributed by atoms with van der Waals surface area (Å²) in [5.74, 6) is -1.33. The summed E-state index contributed by atoms with van der Waals surface area (Å²) in [7, 11) is 0. The lowest BCUT2D eigenvalue weighted by atomic mass is 10.0. The summed E-state index contributed by atoms with van der Waals surface area (Å²) in [6.07, 6.45) is -4.19. The molecule has 0 fully saturated rings. The first-order valence-electron chi connectivity index (χ1n) is 4.89. The van der Waals surface area contributed by atoms with Gasteiger partial charge in [0.2, 0.25) is 0 Å². The Bertz CT molecular complexity index is 411.